The molecule has 0 bridgehead atoms. The van der Waals surface area contributed by atoms with Gasteiger partial charge in [-0.1, -0.05) is 12.2 Å². The highest BCUT2D eigenvalue weighted by atomic mass is 14.9. The highest BCUT2D eigenvalue weighted by Crippen LogP contribution is 2.33. The molecule has 0 amide bonds. The van der Waals surface area contributed by atoms with E-state index in [2.05, 4.69) is 30.1 Å². The quantitative estimate of drug-likeness (QED) is 0.744. The van der Waals surface area contributed by atoms with E-state index < -0.39 is 0 Å². The molecule has 3 heteroatoms. The van der Waals surface area contributed by atoms with Crippen molar-refractivity contribution in [2.75, 3.05) is 13.1 Å². The number of hydrogen-bond acceptors (Lipinski definition) is 3. The summed E-state index contributed by atoms with van der Waals surface area (Å²) in [4.78, 5) is 0. The van der Waals surface area contributed by atoms with Gasteiger partial charge in [-0.2, -0.15) is 5.26 Å². The molecule has 3 nitrogen and oxygen atoms in total. The largest absolute Gasteiger partial charge is 0.323 e. The zero-order chi connectivity index (χ0) is 13.0. The van der Waals surface area contributed by atoms with E-state index in [0.29, 0.717) is 11.8 Å². The van der Waals surface area contributed by atoms with E-state index in [-0.39, 0.29) is 6.04 Å². The minimum absolute atomic E-state index is 0.0511. The molecule has 0 saturated carbocycles. The van der Waals surface area contributed by atoms with Gasteiger partial charge in [0.15, 0.2) is 0 Å². The molecule has 4 atom stereocenters. The van der Waals surface area contributed by atoms with Crippen molar-refractivity contribution in [3.8, 4) is 6.07 Å². The van der Waals surface area contributed by atoms with Crippen molar-refractivity contribution < 1.29 is 0 Å². The molecule has 0 radical (unpaired) electrons. The van der Waals surface area contributed by atoms with E-state index in [1.165, 1.54) is 12.8 Å². The lowest BCUT2D eigenvalue weighted by Crippen LogP contribution is -2.29. The van der Waals surface area contributed by atoms with Crippen molar-refractivity contribution in [2.24, 2.45) is 23.5 Å². The smallest absolute Gasteiger partial charge is 0.0960 e. The molecule has 1 saturated heterocycles. The third-order valence-electron chi connectivity index (χ3n) is 4.35. The molecule has 1 aliphatic carbocycles. The van der Waals surface area contributed by atoms with E-state index in [1.54, 1.807) is 0 Å². The zero-order valence-corrected chi connectivity index (χ0v) is 10.9. The van der Waals surface area contributed by atoms with Crippen LogP contribution in [0.5, 0.6) is 0 Å². The van der Waals surface area contributed by atoms with Gasteiger partial charge in [0.25, 0.3) is 0 Å². The lowest BCUT2D eigenvalue weighted by molar-refractivity contribution is 0.337. The second-order valence-electron chi connectivity index (χ2n) is 5.58. The molecule has 2 rings (SSSR count). The Balaban J connectivity index is 2.01. The predicted octanol–water partition coefficient (Wildman–Crippen LogP) is 1.98. The molecule has 1 aliphatic heterocycles. The number of allylic oxidation sites excluding steroid dienone is 2. The van der Waals surface area contributed by atoms with Crippen LogP contribution < -0.4 is 11.1 Å². The van der Waals surface area contributed by atoms with Gasteiger partial charge in [-0.25, -0.2) is 0 Å². The van der Waals surface area contributed by atoms with E-state index in [4.69, 9.17) is 11.0 Å². The van der Waals surface area contributed by atoms with Crippen LogP contribution in [0.4, 0.5) is 0 Å². The maximum Gasteiger partial charge on any atom is 0.0960 e. The van der Waals surface area contributed by atoms with Crippen LogP contribution in [0.3, 0.4) is 0 Å². The Morgan fingerprint density at radius 1 is 1.56 bits per heavy atom. The maximum absolute atomic E-state index is 9.08. The Labute approximate surface area is 110 Å². The first-order valence-corrected chi connectivity index (χ1v) is 6.95. The number of hydrogen-bond donors (Lipinski definition) is 2. The highest BCUT2D eigenvalue weighted by Gasteiger charge is 2.27. The van der Waals surface area contributed by atoms with E-state index in [1.807, 2.05) is 0 Å². The van der Waals surface area contributed by atoms with Crippen molar-refractivity contribution in [2.45, 2.75) is 31.7 Å². The summed E-state index contributed by atoms with van der Waals surface area (Å²) in [6.45, 7) is 6.26. The van der Waals surface area contributed by atoms with Crippen molar-refractivity contribution in [1.82, 2.24) is 5.32 Å². The summed E-state index contributed by atoms with van der Waals surface area (Å²) in [5.41, 5.74) is 6.70. The van der Waals surface area contributed by atoms with Gasteiger partial charge in [0, 0.05) is 11.6 Å². The fourth-order valence-electron chi connectivity index (χ4n) is 3.17. The molecule has 4 unspecified atom stereocenters. The minimum atomic E-state index is -0.0511. The molecule has 18 heavy (non-hydrogen) atoms. The van der Waals surface area contributed by atoms with Crippen LogP contribution in [0.2, 0.25) is 0 Å². The standard InChI is InChI=1S/C15H23N3/c1-2-12(7-11-5-6-18-10-11)13-3-4-15(17)14(8-13)9-16/h2,8,11-13,15,18H,1,3-7,10,17H2. The van der Waals surface area contributed by atoms with E-state index in [0.717, 1.165) is 37.4 Å². The Morgan fingerprint density at radius 2 is 2.39 bits per heavy atom. The predicted molar refractivity (Wildman–Crippen MR) is 73.7 cm³/mol. The number of rotatable bonds is 4. The van der Waals surface area contributed by atoms with E-state index >= 15 is 0 Å². The van der Waals surface area contributed by atoms with Crippen LogP contribution in [-0.4, -0.2) is 19.1 Å². The van der Waals surface area contributed by atoms with Gasteiger partial charge in [0.05, 0.1) is 6.07 Å². The molecule has 0 aromatic heterocycles. The van der Waals surface area contributed by atoms with Gasteiger partial charge >= 0.3 is 0 Å². The van der Waals surface area contributed by atoms with Crippen LogP contribution in [0.25, 0.3) is 0 Å². The molecule has 2 aliphatic rings. The fraction of sp³-hybridized carbons (Fsp3) is 0.667. The third-order valence-corrected chi connectivity index (χ3v) is 4.35. The Kier molecular flexibility index (Phi) is 4.57. The van der Waals surface area contributed by atoms with Crippen molar-refractivity contribution in [3.63, 3.8) is 0 Å². The summed E-state index contributed by atoms with van der Waals surface area (Å²) >= 11 is 0. The number of nitriles is 1. The average molecular weight is 245 g/mol. The fourth-order valence-corrected chi connectivity index (χ4v) is 3.17. The summed E-state index contributed by atoms with van der Waals surface area (Å²) in [6, 6.07) is 2.19. The van der Waals surface area contributed by atoms with E-state index in [9.17, 15) is 0 Å². The number of nitrogens with one attached hydrogen (secondary N) is 1. The van der Waals surface area contributed by atoms with Gasteiger partial charge in [-0.05, 0) is 56.5 Å². The molecule has 1 fully saturated rings. The van der Waals surface area contributed by atoms with Gasteiger partial charge < -0.3 is 11.1 Å². The Hall–Kier alpha value is -1.11. The molecular weight excluding hydrogens is 222 g/mol. The third kappa shape index (κ3) is 3.01. The lowest BCUT2D eigenvalue weighted by atomic mass is 9.76. The second-order valence-corrected chi connectivity index (χ2v) is 5.58. The second kappa shape index (κ2) is 6.17. The average Bonchev–Trinajstić information content (AvgIpc) is 2.89. The van der Waals surface area contributed by atoms with Crippen LogP contribution in [0.1, 0.15) is 25.7 Å². The Bertz CT molecular complexity index is 360. The monoisotopic (exact) mass is 245 g/mol. The van der Waals surface area contributed by atoms with Gasteiger partial charge in [0.2, 0.25) is 0 Å². The number of nitrogens with two attached hydrogens (primary N) is 1. The van der Waals surface area contributed by atoms with Crippen molar-refractivity contribution in [1.29, 1.82) is 5.26 Å². The van der Waals surface area contributed by atoms with Crippen molar-refractivity contribution in [3.05, 3.63) is 24.3 Å². The van der Waals surface area contributed by atoms with Crippen molar-refractivity contribution >= 4 is 0 Å². The van der Waals surface area contributed by atoms with Crippen LogP contribution >= 0.6 is 0 Å². The normalized spacial score (nSPS) is 33.6. The first-order valence-electron chi connectivity index (χ1n) is 6.95. The van der Waals surface area contributed by atoms with Gasteiger partial charge in [0.1, 0.15) is 0 Å². The molecule has 0 spiro atoms. The molecular formula is C15H23N3. The molecule has 0 aromatic carbocycles. The summed E-state index contributed by atoms with van der Waals surface area (Å²) < 4.78 is 0. The first kappa shape index (κ1) is 13.3. The minimum Gasteiger partial charge on any atom is -0.323 e. The highest BCUT2D eigenvalue weighted by molar-refractivity contribution is 5.29. The topological polar surface area (TPSA) is 61.8 Å². The summed E-state index contributed by atoms with van der Waals surface area (Å²) in [7, 11) is 0. The molecule has 98 valence electrons. The summed E-state index contributed by atoms with van der Waals surface area (Å²) in [6.07, 6.45) is 8.64. The Morgan fingerprint density at radius 3 is 3.00 bits per heavy atom. The van der Waals surface area contributed by atoms with Crippen LogP contribution in [0, 0.1) is 29.1 Å². The van der Waals surface area contributed by atoms with Gasteiger partial charge in [-0.3, -0.25) is 0 Å². The van der Waals surface area contributed by atoms with Crippen LogP contribution in [-0.2, 0) is 0 Å². The molecule has 0 aromatic rings. The van der Waals surface area contributed by atoms with Gasteiger partial charge in [-0.15, -0.1) is 6.58 Å². The molecule has 1 heterocycles. The number of nitrogens with zero attached hydrogens (tertiary/aromatic N) is 1. The maximum atomic E-state index is 9.08. The zero-order valence-electron chi connectivity index (χ0n) is 10.9. The van der Waals surface area contributed by atoms with Crippen LogP contribution in [0.15, 0.2) is 24.3 Å². The first-order chi connectivity index (χ1) is 8.74. The summed E-state index contributed by atoms with van der Waals surface area (Å²) in [5, 5.41) is 12.5. The summed E-state index contributed by atoms with van der Waals surface area (Å²) in [5.74, 6) is 1.71. The SMILES string of the molecule is C=CC(CC1CCNC1)C1C=C(C#N)C(N)CC1. The molecule has 3 N–H and O–H groups in total. The lowest BCUT2D eigenvalue weighted by Gasteiger charge is -2.29.